The molecule has 1 aliphatic rings. The molecule has 0 atom stereocenters. The van der Waals surface area contributed by atoms with Crippen LogP contribution in [0, 0.1) is 0 Å². The van der Waals surface area contributed by atoms with Crippen molar-refractivity contribution < 1.29 is 38.1 Å². The van der Waals surface area contributed by atoms with Crippen molar-refractivity contribution in [3.63, 3.8) is 0 Å². The molecule has 4 aromatic carbocycles. The Bertz CT molecular complexity index is 1930. The van der Waals surface area contributed by atoms with Crippen LogP contribution in [0.25, 0.3) is 11.1 Å². The monoisotopic (exact) mass is 725 g/mol. The lowest BCUT2D eigenvalue weighted by Gasteiger charge is -2.33. The molecule has 0 heterocycles. The number of esters is 4. The third kappa shape index (κ3) is 9.11. The van der Waals surface area contributed by atoms with Crippen LogP contribution >= 0.6 is 0 Å². The number of carbonyl (C=O) groups is 4. The summed E-state index contributed by atoms with van der Waals surface area (Å²) in [4.78, 5) is 49.6. The summed E-state index contributed by atoms with van der Waals surface area (Å²) in [7, 11) is 0. The molecule has 54 heavy (non-hydrogen) atoms. The average Bonchev–Trinajstić information content (AvgIpc) is 3.47. The first kappa shape index (κ1) is 38.7. The third-order valence-corrected chi connectivity index (χ3v) is 9.38. The fraction of sp³-hybridized carbons (Fsp3) is 0.200. The number of rotatable bonds is 19. The van der Waals surface area contributed by atoms with Gasteiger partial charge in [-0.2, -0.15) is 0 Å². The number of carbonyl (C=O) groups excluding carboxylic acids is 4. The maximum atomic E-state index is 12.2. The van der Waals surface area contributed by atoms with Crippen molar-refractivity contribution in [1.82, 2.24) is 0 Å². The smallest absolute Gasteiger partial charge is 0.330 e. The molecule has 1 aliphatic carbocycles. The number of anilines is 3. The van der Waals surface area contributed by atoms with E-state index in [1.165, 1.54) is 0 Å². The van der Waals surface area contributed by atoms with Crippen molar-refractivity contribution in [2.75, 3.05) is 31.3 Å². The molecular weight excluding hydrogens is 682 g/mol. The van der Waals surface area contributed by atoms with E-state index in [0.29, 0.717) is 25.7 Å². The number of fused-ring (bicyclic) bond motifs is 3. The molecule has 0 N–H and O–H groups in total. The van der Waals surface area contributed by atoms with Crippen LogP contribution in [0.3, 0.4) is 0 Å². The number of benzene rings is 4. The Balaban J connectivity index is 1.57. The molecule has 4 aromatic rings. The fourth-order valence-electron chi connectivity index (χ4n) is 6.74. The van der Waals surface area contributed by atoms with E-state index in [-0.39, 0.29) is 26.4 Å². The Morgan fingerprint density at radius 2 is 0.907 bits per heavy atom. The van der Waals surface area contributed by atoms with Gasteiger partial charge in [0.2, 0.25) is 0 Å². The van der Waals surface area contributed by atoms with Crippen LogP contribution < -0.4 is 4.90 Å². The van der Waals surface area contributed by atoms with Gasteiger partial charge in [-0.15, -0.1) is 0 Å². The largest absolute Gasteiger partial charge is 0.462 e. The predicted molar refractivity (Wildman–Crippen MR) is 209 cm³/mol. The molecule has 0 unspecified atom stereocenters. The van der Waals surface area contributed by atoms with Gasteiger partial charge in [-0.3, -0.25) is 0 Å². The van der Waals surface area contributed by atoms with Crippen molar-refractivity contribution in [3.05, 3.63) is 164 Å². The second-order valence-electron chi connectivity index (χ2n) is 12.5. The van der Waals surface area contributed by atoms with E-state index in [4.69, 9.17) is 18.9 Å². The van der Waals surface area contributed by atoms with Crippen LogP contribution in [0.1, 0.15) is 35.1 Å². The molecule has 0 aromatic heterocycles. The summed E-state index contributed by atoms with van der Waals surface area (Å²) in [5.41, 5.74) is 8.11. The van der Waals surface area contributed by atoms with Crippen LogP contribution in [-0.4, -0.2) is 50.3 Å². The molecule has 0 saturated carbocycles. The summed E-state index contributed by atoms with van der Waals surface area (Å²) < 4.78 is 21.4. The summed E-state index contributed by atoms with van der Waals surface area (Å²) in [5.74, 6) is -1.96. The standard InChI is InChI=1S/C45H43NO8/c1-5-41(47)51-27-23-32-13-17-34(18-14-32)46(35-19-15-33(16-20-35)24-28-52-42(48)6-2)36-21-22-38-37-11-9-10-12-39(37)45(40(38)31-36,25-29-53-43(49)7-3)26-30-54-44(50)8-4/h5-22,31H,1-4,23-30H2. The minimum absolute atomic E-state index is 0.120. The second kappa shape index (κ2) is 18.3. The molecule has 0 fully saturated rings. The maximum absolute atomic E-state index is 12.2. The fourth-order valence-corrected chi connectivity index (χ4v) is 6.74. The van der Waals surface area contributed by atoms with Crippen molar-refractivity contribution >= 4 is 40.9 Å². The van der Waals surface area contributed by atoms with Crippen molar-refractivity contribution in [2.24, 2.45) is 0 Å². The normalized spacial score (nSPS) is 11.9. The minimum atomic E-state index is -0.671. The van der Waals surface area contributed by atoms with Gasteiger partial charge < -0.3 is 23.8 Å². The molecule has 0 saturated heterocycles. The van der Waals surface area contributed by atoms with E-state index in [2.05, 4.69) is 61.5 Å². The van der Waals surface area contributed by atoms with E-state index < -0.39 is 29.3 Å². The topological polar surface area (TPSA) is 108 Å². The van der Waals surface area contributed by atoms with Gasteiger partial charge in [-0.25, -0.2) is 19.2 Å². The van der Waals surface area contributed by atoms with Crippen LogP contribution in [0.5, 0.6) is 0 Å². The van der Waals surface area contributed by atoms with Crippen LogP contribution in [0.4, 0.5) is 17.1 Å². The van der Waals surface area contributed by atoms with E-state index in [9.17, 15) is 19.2 Å². The molecule has 9 nitrogen and oxygen atoms in total. The second-order valence-corrected chi connectivity index (χ2v) is 12.5. The molecule has 0 spiro atoms. The first-order valence-corrected chi connectivity index (χ1v) is 17.6. The number of hydrogen-bond donors (Lipinski definition) is 0. The van der Waals surface area contributed by atoms with Crippen LogP contribution in [0.2, 0.25) is 0 Å². The quantitative estimate of drug-likeness (QED) is 0.0537. The molecule has 5 rings (SSSR count). The number of nitrogens with zero attached hydrogens (tertiary/aromatic N) is 1. The van der Waals surface area contributed by atoms with Crippen molar-refractivity contribution in [3.8, 4) is 11.1 Å². The lowest BCUT2D eigenvalue weighted by atomic mass is 9.73. The zero-order valence-electron chi connectivity index (χ0n) is 30.2. The molecule has 276 valence electrons. The highest BCUT2D eigenvalue weighted by Crippen LogP contribution is 2.54. The first-order valence-electron chi connectivity index (χ1n) is 17.6. The highest BCUT2D eigenvalue weighted by molar-refractivity contribution is 5.86. The highest BCUT2D eigenvalue weighted by Gasteiger charge is 2.43. The van der Waals surface area contributed by atoms with Gasteiger partial charge in [-0.05, 0) is 82.6 Å². The van der Waals surface area contributed by atoms with Crippen LogP contribution in [0.15, 0.2) is 142 Å². The summed E-state index contributed by atoms with van der Waals surface area (Å²) >= 11 is 0. The van der Waals surface area contributed by atoms with Gasteiger partial charge in [0.1, 0.15) is 0 Å². The zero-order valence-corrected chi connectivity index (χ0v) is 30.2. The van der Waals surface area contributed by atoms with Crippen LogP contribution in [-0.2, 0) is 56.4 Å². The molecular formula is C45H43NO8. The molecule has 0 aliphatic heterocycles. The van der Waals surface area contributed by atoms with Gasteiger partial charge in [0.05, 0.1) is 26.4 Å². The summed E-state index contributed by atoms with van der Waals surface area (Å²) in [6, 6.07) is 30.6. The molecule has 0 bridgehead atoms. The van der Waals surface area contributed by atoms with Gasteiger partial charge in [0, 0.05) is 59.6 Å². The lowest BCUT2D eigenvalue weighted by Crippen LogP contribution is -2.30. The van der Waals surface area contributed by atoms with Gasteiger partial charge in [-0.1, -0.05) is 80.9 Å². The van der Waals surface area contributed by atoms with E-state index in [0.717, 1.165) is 74.7 Å². The molecule has 0 amide bonds. The molecule has 9 heteroatoms. The minimum Gasteiger partial charge on any atom is -0.462 e. The number of hydrogen-bond acceptors (Lipinski definition) is 9. The van der Waals surface area contributed by atoms with E-state index in [1.807, 2.05) is 60.7 Å². The Morgan fingerprint density at radius 1 is 0.500 bits per heavy atom. The zero-order chi connectivity index (χ0) is 38.5. The van der Waals surface area contributed by atoms with Crippen molar-refractivity contribution in [1.29, 1.82) is 0 Å². The first-order chi connectivity index (χ1) is 26.2. The van der Waals surface area contributed by atoms with Gasteiger partial charge in [0.15, 0.2) is 0 Å². The molecule has 0 radical (unpaired) electrons. The van der Waals surface area contributed by atoms with Gasteiger partial charge in [0.25, 0.3) is 0 Å². The highest BCUT2D eigenvalue weighted by atomic mass is 16.5. The Morgan fingerprint density at radius 3 is 1.37 bits per heavy atom. The van der Waals surface area contributed by atoms with E-state index >= 15 is 0 Å². The average molecular weight is 726 g/mol. The Labute approximate surface area is 315 Å². The van der Waals surface area contributed by atoms with Gasteiger partial charge >= 0.3 is 23.9 Å². The predicted octanol–water partition coefficient (Wildman–Crippen LogP) is 8.20. The third-order valence-electron chi connectivity index (χ3n) is 9.38. The maximum Gasteiger partial charge on any atom is 0.330 e. The number of ether oxygens (including phenoxy) is 4. The lowest BCUT2D eigenvalue weighted by molar-refractivity contribution is -0.139. The summed E-state index contributed by atoms with van der Waals surface area (Å²) in [5, 5.41) is 0. The summed E-state index contributed by atoms with van der Waals surface area (Å²) in [6.45, 7) is 14.7. The Kier molecular flexibility index (Phi) is 13.2. The summed E-state index contributed by atoms with van der Waals surface area (Å²) in [6.07, 6.45) is 6.52. The Hall–Kier alpha value is -6.48. The van der Waals surface area contributed by atoms with E-state index in [1.54, 1.807) is 0 Å². The SMILES string of the molecule is C=CC(=O)OCCc1ccc(N(c2ccc(CCOC(=O)C=C)cc2)c2ccc3c(c2)C(CCOC(=O)C=C)(CCOC(=O)C=C)c2ccccc2-3)cc1. The van der Waals surface area contributed by atoms with Crippen molar-refractivity contribution in [2.45, 2.75) is 31.1 Å².